The number of nitrogens with one attached hydrogen (secondary N) is 1. The van der Waals surface area contributed by atoms with Gasteiger partial charge in [-0.05, 0) is 24.9 Å². The van der Waals surface area contributed by atoms with Gasteiger partial charge < -0.3 is 15.6 Å². The third kappa shape index (κ3) is 4.08. The highest BCUT2D eigenvalue weighted by molar-refractivity contribution is 7.78. The van der Waals surface area contributed by atoms with Gasteiger partial charge in [0.15, 0.2) is 0 Å². The van der Waals surface area contributed by atoms with Crippen LogP contribution in [0.2, 0.25) is 0 Å². The van der Waals surface area contributed by atoms with Gasteiger partial charge in [-0.3, -0.25) is 9.00 Å². The third-order valence-electron chi connectivity index (χ3n) is 1.78. The van der Waals surface area contributed by atoms with Crippen LogP contribution in [-0.2, 0) is 16.8 Å². The average Bonchev–Trinajstić information content (AvgIpc) is 2.15. The van der Waals surface area contributed by atoms with Gasteiger partial charge in [-0.25, -0.2) is 9.97 Å². The van der Waals surface area contributed by atoms with Crippen molar-refractivity contribution >= 4 is 22.8 Å². The second-order valence-electron chi connectivity index (χ2n) is 3.66. The number of hydrogen-bond acceptors (Lipinski definition) is 6. The van der Waals surface area contributed by atoms with E-state index in [4.69, 9.17) is 5.73 Å². The number of anilines is 1. The molecule has 0 bridgehead atoms. The van der Waals surface area contributed by atoms with Gasteiger partial charge in [-0.2, -0.15) is 0 Å². The zero-order chi connectivity index (χ0) is 13.0. The molecule has 0 spiro atoms. The Morgan fingerprint density at radius 2 is 2.29 bits per heavy atom. The van der Waals surface area contributed by atoms with Gasteiger partial charge in [-0.1, -0.05) is 0 Å². The molecular formula is C9H13N4O3S-. The summed E-state index contributed by atoms with van der Waals surface area (Å²) in [6.07, 6.45) is 1.22. The Bertz CT molecular complexity index is 450. The minimum atomic E-state index is -2.27. The Labute approximate surface area is 101 Å². The van der Waals surface area contributed by atoms with Crippen LogP contribution >= 0.6 is 0 Å². The summed E-state index contributed by atoms with van der Waals surface area (Å²) in [7, 11) is 0. The lowest BCUT2D eigenvalue weighted by Crippen LogP contribution is -2.20. The maximum Gasteiger partial charge on any atom is 0.254 e. The average molecular weight is 257 g/mol. The van der Waals surface area contributed by atoms with Crippen LogP contribution in [0.4, 0.5) is 5.82 Å². The summed E-state index contributed by atoms with van der Waals surface area (Å²) in [5.74, 6) is -0.594. The molecule has 1 rings (SSSR count). The van der Waals surface area contributed by atoms with Crippen molar-refractivity contribution in [2.75, 3.05) is 5.32 Å². The fraction of sp³-hybridized carbons (Fsp3) is 0.444. The van der Waals surface area contributed by atoms with Crippen molar-refractivity contribution in [3.05, 3.63) is 17.6 Å². The Kier molecular flexibility index (Phi) is 4.53. The Hall–Kier alpha value is -1.54. The van der Waals surface area contributed by atoms with E-state index in [2.05, 4.69) is 15.3 Å². The third-order valence-corrected chi connectivity index (χ3v) is 2.27. The summed E-state index contributed by atoms with van der Waals surface area (Å²) in [4.78, 5) is 18.8. The Morgan fingerprint density at radius 3 is 2.76 bits per heavy atom. The lowest BCUT2D eigenvalue weighted by atomic mass is 10.2. The van der Waals surface area contributed by atoms with Crippen molar-refractivity contribution in [2.45, 2.75) is 25.6 Å². The van der Waals surface area contributed by atoms with Crippen LogP contribution in [0, 0.1) is 0 Å². The molecule has 0 aromatic carbocycles. The summed E-state index contributed by atoms with van der Waals surface area (Å²) >= 11 is -2.27. The molecule has 0 fully saturated rings. The number of primary amides is 1. The second-order valence-corrected chi connectivity index (χ2v) is 4.56. The topological polar surface area (TPSA) is 121 Å². The van der Waals surface area contributed by atoms with Gasteiger partial charge >= 0.3 is 0 Å². The monoisotopic (exact) mass is 257 g/mol. The van der Waals surface area contributed by atoms with Crippen molar-refractivity contribution in [1.82, 2.24) is 9.97 Å². The first-order valence-electron chi connectivity index (χ1n) is 4.88. The highest BCUT2D eigenvalue weighted by atomic mass is 32.2. The molecule has 0 aliphatic rings. The molecular weight excluding hydrogens is 244 g/mol. The molecule has 1 heterocycles. The second kappa shape index (κ2) is 5.69. The Morgan fingerprint density at radius 1 is 1.65 bits per heavy atom. The minimum Gasteiger partial charge on any atom is -0.772 e. The van der Waals surface area contributed by atoms with Gasteiger partial charge in [0.25, 0.3) is 5.91 Å². The number of rotatable bonds is 5. The van der Waals surface area contributed by atoms with E-state index in [1.54, 1.807) is 0 Å². The lowest BCUT2D eigenvalue weighted by Gasteiger charge is -2.13. The van der Waals surface area contributed by atoms with Gasteiger partial charge in [0.2, 0.25) is 0 Å². The van der Waals surface area contributed by atoms with Crippen molar-refractivity contribution < 1.29 is 13.6 Å². The molecule has 7 nitrogen and oxygen atoms in total. The number of hydrogen-bond donors (Lipinski definition) is 2. The fourth-order valence-corrected chi connectivity index (χ4v) is 1.51. The van der Waals surface area contributed by atoms with Crippen molar-refractivity contribution in [3.63, 3.8) is 0 Å². The largest absolute Gasteiger partial charge is 0.772 e. The summed E-state index contributed by atoms with van der Waals surface area (Å²) in [6, 6.07) is 0.0357. The molecule has 1 atom stereocenters. The molecule has 8 heteroatoms. The van der Waals surface area contributed by atoms with E-state index in [9.17, 15) is 13.6 Å². The van der Waals surface area contributed by atoms with E-state index < -0.39 is 17.0 Å². The maximum atomic E-state index is 11.1. The van der Waals surface area contributed by atoms with Crippen molar-refractivity contribution in [3.8, 4) is 0 Å². The normalized spacial score (nSPS) is 12.5. The van der Waals surface area contributed by atoms with Crippen molar-refractivity contribution in [2.24, 2.45) is 5.73 Å². The number of nitrogens with zero attached hydrogens (tertiary/aromatic N) is 2. The van der Waals surface area contributed by atoms with E-state index in [-0.39, 0.29) is 29.0 Å². The molecule has 0 saturated carbocycles. The van der Waals surface area contributed by atoms with E-state index >= 15 is 0 Å². The number of amides is 1. The zero-order valence-corrected chi connectivity index (χ0v) is 10.3. The quantitative estimate of drug-likeness (QED) is 0.703. The smallest absolute Gasteiger partial charge is 0.254 e. The van der Waals surface area contributed by atoms with Crippen LogP contribution in [0.1, 0.15) is 30.0 Å². The van der Waals surface area contributed by atoms with E-state index in [0.717, 1.165) is 0 Å². The van der Waals surface area contributed by atoms with E-state index in [1.807, 2.05) is 13.8 Å². The molecule has 1 amide bonds. The summed E-state index contributed by atoms with van der Waals surface area (Å²) < 4.78 is 21.1. The van der Waals surface area contributed by atoms with Crippen LogP contribution in [0.15, 0.2) is 6.20 Å². The number of nitrogens with two attached hydrogens (primary N) is 1. The molecule has 94 valence electrons. The van der Waals surface area contributed by atoms with Crippen LogP contribution < -0.4 is 11.1 Å². The SMILES string of the molecule is CC(C)Nc1nc(CS(=O)[O-])ncc1C(N)=O. The minimum absolute atomic E-state index is 0.0357. The van der Waals surface area contributed by atoms with Crippen LogP contribution in [0.5, 0.6) is 0 Å². The van der Waals surface area contributed by atoms with Crippen LogP contribution in [-0.4, -0.2) is 30.7 Å². The van der Waals surface area contributed by atoms with E-state index in [1.165, 1.54) is 6.20 Å². The number of carbonyl (C=O) groups excluding carboxylic acids is 1. The first kappa shape index (κ1) is 13.5. The van der Waals surface area contributed by atoms with E-state index in [0.29, 0.717) is 0 Å². The standard InChI is InChI=1S/C9H14N4O3S/c1-5(2)12-9-6(8(10)14)3-11-7(13-9)4-17(15)16/h3,5H,4H2,1-2H3,(H2,10,14)(H,15,16)(H,11,12,13)/p-1. The molecule has 0 aliphatic carbocycles. The predicted molar refractivity (Wildman–Crippen MR) is 61.9 cm³/mol. The fourth-order valence-electron chi connectivity index (χ4n) is 1.16. The molecule has 3 N–H and O–H groups in total. The van der Waals surface area contributed by atoms with Gasteiger partial charge in [0, 0.05) is 12.2 Å². The Balaban J connectivity index is 3.09. The zero-order valence-electron chi connectivity index (χ0n) is 9.47. The molecule has 0 radical (unpaired) electrons. The predicted octanol–water partition coefficient (Wildman–Crippen LogP) is -0.225. The molecule has 1 aromatic heterocycles. The molecule has 1 aromatic rings. The van der Waals surface area contributed by atoms with Crippen LogP contribution in [0.25, 0.3) is 0 Å². The van der Waals surface area contributed by atoms with Crippen LogP contribution in [0.3, 0.4) is 0 Å². The van der Waals surface area contributed by atoms with Gasteiger partial charge in [0.1, 0.15) is 11.6 Å². The lowest BCUT2D eigenvalue weighted by molar-refractivity contribution is 0.100. The maximum absolute atomic E-state index is 11.1. The molecule has 1 unspecified atom stereocenters. The summed E-state index contributed by atoms with van der Waals surface area (Å²) in [5.41, 5.74) is 5.30. The molecule has 17 heavy (non-hydrogen) atoms. The number of carbonyl (C=O) groups is 1. The first-order valence-corrected chi connectivity index (χ1v) is 6.12. The number of aromatic nitrogens is 2. The van der Waals surface area contributed by atoms with Crippen molar-refractivity contribution in [1.29, 1.82) is 0 Å². The van der Waals surface area contributed by atoms with Gasteiger partial charge in [0.05, 0.1) is 11.3 Å². The highest BCUT2D eigenvalue weighted by Gasteiger charge is 2.12. The van der Waals surface area contributed by atoms with Gasteiger partial charge in [-0.15, -0.1) is 0 Å². The summed E-state index contributed by atoms with van der Waals surface area (Å²) in [5, 5.41) is 2.92. The molecule has 0 aliphatic heterocycles. The molecule has 0 saturated heterocycles. The summed E-state index contributed by atoms with van der Waals surface area (Å²) in [6.45, 7) is 3.72. The first-order chi connectivity index (χ1) is 7.90. The highest BCUT2D eigenvalue weighted by Crippen LogP contribution is 2.12.